The molecule has 0 radical (unpaired) electrons. The third kappa shape index (κ3) is 2.56. The summed E-state index contributed by atoms with van der Waals surface area (Å²) < 4.78 is 0. The Morgan fingerprint density at radius 3 is 2.31 bits per heavy atom. The van der Waals surface area contributed by atoms with Crippen molar-refractivity contribution in [2.75, 3.05) is 0 Å². The lowest BCUT2D eigenvalue weighted by molar-refractivity contribution is -0.214. The summed E-state index contributed by atoms with van der Waals surface area (Å²) in [4.78, 5) is 0. The van der Waals surface area contributed by atoms with Gasteiger partial charge in [-0.25, -0.2) is 0 Å². The summed E-state index contributed by atoms with van der Waals surface area (Å²) in [5.74, 6) is 5.57. The van der Waals surface area contributed by atoms with Crippen LogP contribution in [0.3, 0.4) is 0 Å². The highest BCUT2D eigenvalue weighted by Crippen LogP contribution is 2.75. The highest BCUT2D eigenvalue weighted by molar-refractivity contribution is 5.26. The van der Waals surface area contributed by atoms with E-state index in [1.54, 1.807) is 0 Å². The summed E-state index contributed by atoms with van der Waals surface area (Å²) in [7, 11) is 0. The second kappa shape index (κ2) is 6.38. The van der Waals surface area contributed by atoms with Crippen molar-refractivity contribution < 1.29 is 0 Å². The summed E-state index contributed by atoms with van der Waals surface area (Å²) >= 11 is 0. The maximum atomic E-state index is 2.78. The molecule has 0 amide bonds. The van der Waals surface area contributed by atoms with Crippen LogP contribution in [-0.4, -0.2) is 0 Å². The van der Waals surface area contributed by atoms with Crippen LogP contribution in [0.15, 0.2) is 11.6 Å². The second-order valence-corrected chi connectivity index (χ2v) is 14.0. The molecule has 5 rings (SSSR count). The van der Waals surface area contributed by atoms with Crippen LogP contribution in [0.25, 0.3) is 0 Å². The fraction of sp³-hybridized carbons (Fsp3) is 0.931. The van der Waals surface area contributed by atoms with Gasteiger partial charge in [-0.1, -0.05) is 66.5 Å². The molecule has 164 valence electrons. The van der Waals surface area contributed by atoms with E-state index in [9.17, 15) is 0 Å². The van der Waals surface area contributed by atoms with Crippen LogP contribution in [0.2, 0.25) is 0 Å². The molecule has 29 heavy (non-hydrogen) atoms. The molecule has 0 heteroatoms. The molecule has 0 bridgehead atoms. The number of rotatable bonds is 1. The van der Waals surface area contributed by atoms with Crippen LogP contribution in [-0.2, 0) is 0 Å². The minimum Gasteiger partial charge on any atom is -0.0845 e. The first kappa shape index (κ1) is 20.6. The van der Waals surface area contributed by atoms with E-state index in [1.807, 2.05) is 5.57 Å². The summed E-state index contributed by atoms with van der Waals surface area (Å²) in [5.41, 5.74) is 4.09. The Morgan fingerprint density at radius 1 is 0.828 bits per heavy atom. The Hall–Kier alpha value is -0.260. The lowest BCUT2D eigenvalue weighted by atomic mass is 9.34. The minimum absolute atomic E-state index is 0.525. The lowest BCUT2D eigenvalue weighted by Crippen LogP contribution is -2.64. The molecule has 8 atom stereocenters. The van der Waals surface area contributed by atoms with Gasteiger partial charge >= 0.3 is 0 Å². The third-order valence-corrected chi connectivity index (χ3v) is 12.4. The Balaban J connectivity index is 1.54. The Morgan fingerprint density at radius 2 is 1.59 bits per heavy atom. The zero-order chi connectivity index (χ0) is 20.8. The van der Waals surface area contributed by atoms with Crippen molar-refractivity contribution >= 4 is 0 Å². The predicted molar refractivity (Wildman–Crippen MR) is 125 cm³/mol. The van der Waals surface area contributed by atoms with Crippen LogP contribution in [0, 0.1) is 57.2 Å². The van der Waals surface area contributed by atoms with Gasteiger partial charge in [0.05, 0.1) is 0 Å². The van der Waals surface area contributed by atoms with Crippen LogP contribution in [0.1, 0.15) is 113 Å². The fourth-order valence-electron chi connectivity index (χ4n) is 10.9. The van der Waals surface area contributed by atoms with Crippen molar-refractivity contribution in [2.45, 2.75) is 113 Å². The van der Waals surface area contributed by atoms with Gasteiger partial charge < -0.3 is 0 Å². The van der Waals surface area contributed by atoms with E-state index >= 15 is 0 Å². The normalized spacial score (nSPS) is 53.5. The molecule has 0 heterocycles. The molecule has 0 aliphatic heterocycles. The third-order valence-electron chi connectivity index (χ3n) is 12.4. The SMILES string of the molecule is CC(C)[C@@H]1CCC2=CC[C@]3(C)[C@H](CC[C@@H]4[C@@]5(C)CCCC(C)(C)[C@@H]5CC[C@]43C)[C@H]21. The van der Waals surface area contributed by atoms with Crippen molar-refractivity contribution in [1.82, 2.24) is 0 Å². The van der Waals surface area contributed by atoms with Gasteiger partial charge in [-0.3, -0.25) is 0 Å². The summed E-state index contributed by atoms with van der Waals surface area (Å²) in [6.07, 6.45) is 17.5. The van der Waals surface area contributed by atoms with Gasteiger partial charge in [-0.15, -0.1) is 0 Å². The zero-order valence-corrected chi connectivity index (χ0v) is 20.6. The van der Waals surface area contributed by atoms with E-state index in [-0.39, 0.29) is 0 Å². The first-order valence-corrected chi connectivity index (χ1v) is 13.2. The number of hydrogen-bond acceptors (Lipinski definition) is 0. The standard InChI is InChI=1S/C29H48/c1-19(2)21-10-9-20-13-17-28(6)22(25(20)21)11-12-24-27(5)16-8-15-26(3,4)23(27)14-18-29(24,28)7/h13,19,21-25H,8-12,14-18H2,1-7H3/t21-,22+,23-,24+,25+,27-,28+,29+/m0/s1. The van der Waals surface area contributed by atoms with Crippen LogP contribution < -0.4 is 0 Å². The first-order valence-electron chi connectivity index (χ1n) is 13.2. The highest BCUT2D eigenvalue weighted by Gasteiger charge is 2.67. The van der Waals surface area contributed by atoms with E-state index < -0.39 is 0 Å². The predicted octanol–water partition coefficient (Wildman–Crippen LogP) is 8.66. The average molecular weight is 397 g/mol. The summed E-state index contributed by atoms with van der Waals surface area (Å²) in [6, 6.07) is 0. The van der Waals surface area contributed by atoms with E-state index in [0.717, 1.165) is 35.5 Å². The van der Waals surface area contributed by atoms with Gasteiger partial charge in [0.1, 0.15) is 0 Å². The Bertz CT molecular complexity index is 697. The van der Waals surface area contributed by atoms with E-state index in [1.165, 1.54) is 64.2 Å². The Labute approximate surface area is 181 Å². The van der Waals surface area contributed by atoms with Gasteiger partial charge in [0, 0.05) is 0 Å². The van der Waals surface area contributed by atoms with Crippen LogP contribution >= 0.6 is 0 Å². The molecule has 0 saturated heterocycles. The molecule has 0 unspecified atom stereocenters. The van der Waals surface area contributed by atoms with E-state index in [4.69, 9.17) is 0 Å². The molecule has 4 fully saturated rings. The van der Waals surface area contributed by atoms with Gasteiger partial charge in [-0.05, 0) is 115 Å². The van der Waals surface area contributed by atoms with Crippen molar-refractivity contribution in [2.24, 2.45) is 57.2 Å². The molecule has 5 aliphatic rings. The molecule has 0 N–H and O–H groups in total. The lowest BCUT2D eigenvalue weighted by Gasteiger charge is -2.71. The molecule has 0 aromatic carbocycles. The summed E-state index contributed by atoms with van der Waals surface area (Å²) in [6.45, 7) is 18.5. The quantitative estimate of drug-likeness (QED) is 0.389. The van der Waals surface area contributed by atoms with Gasteiger partial charge in [0.2, 0.25) is 0 Å². The molecule has 4 saturated carbocycles. The van der Waals surface area contributed by atoms with Gasteiger partial charge in [0.15, 0.2) is 0 Å². The molecular formula is C29H48. The van der Waals surface area contributed by atoms with Crippen molar-refractivity contribution in [3.8, 4) is 0 Å². The second-order valence-electron chi connectivity index (χ2n) is 14.0. The summed E-state index contributed by atoms with van der Waals surface area (Å²) in [5, 5.41) is 0. The van der Waals surface area contributed by atoms with Crippen molar-refractivity contribution in [3.05, 3.63) is 11.6 Å². The molecule has 0 aromatic heterocycles. The number of hydrogen-bond donors (Lipinski definition) is 0. The van der Waals surface area contributed by atoms with Crippen molar-refractivity contribution in [3.63, 3.8) is 0 Å². The van der Waals surface area contributed by atoms with Gasteiger partial charge in [0.25, 0.3) is 0 Å². The smallest absolute Gasteiger partial charge is 0.0138 e. The Kier molecular flexibility index (Phi) is 4.54. The van der Waals surface area contributed by atoms with Crippen LogP contribution in [0.5, 0.6) is 0 Å². The molecule has 0 nitrogen and oxygen atoms in total. The van der Waals surface area contributed by atoms with Gasteiger partial charge in [-0.2, -0.15) is 0 Å². The average Bonchev–Trinajstić information content (AvgIpc) is 3.06. The molecule has 0 aromatic rings. The maximum absolute atomic E-state index is 2.78. The zero-order valence-electron chi connectivity index (χ0n) is 20.6. The maximum Gasteiger partial charge on any atom is -0.0138 e. The highest BCUT2D eigenvalue weighted by atomic mass is 14.7. The van der Waals surface area contributed by atoms with Crippen LogP contribution in [0.4, 0.5) is 0 Å². The number of fused-ring (bicyclic) bond motifs is 7. The molecule has 0 spiro atoms. The number of allylic oxidation sites excluding steroid dienone is 2. The minimum atomic E-state index is 0.525. The van der Waals surface area contributed by atoms with E-state index in [0.29, 0.717) is 21.7 Å². The van der Waals surface area contributed by atoms with Crippen molar-refractivity contribution in [1.29, 1.82) is 0 Å². The monoisotopic (exact) mass is 396 g/mol. The molecule has 5 aliphatic carbocycles. The van der Waals surface area contributed by atoms with E-state index in [2.05, 4.69) is 54.5 Å². The first-order chi connectivity index (χ1) is 13.5. The topological polar surface area (TPSA) is 0 Å². The fourth-order valence-corrected chi connectivity index (χ4v) is 10.9. The largest absolute Gasteiger partial charge is 0.0845 e. The molecular weight excluding hydrogens is 348 g/mol.